The van der Waals surface area contributed by atoms with Gasteiger partial charge in [0.15, 0.2) is 0 Å². The second-order valence-electron chi connectivity index (χ2n) is 3.96. The third-order valence-electron chi connectivity index (χ3n) is 2.45. The molecule has 0 aliphatic carbocycles. The van der Waals surface area contributed by atoms with Crippen LogP contribution in [0.3, 0.4) is 0 Å². The van der Waals surface area contributed by atoms with Gasteiger partial charge >= 0.3 is 0 Å². The van der Waals surface area contributed by atoms with Crippen LogP contribution in [0.15, 0.2) is 42.5 Å². The molecule has 0 fully saturated rings. The molecule has 0 atom stereocenters. The number of benzene rings is 2. The van der Waals surface area contributed by atoms with Crippen LogP contribution in [-0.2, 0) is 6.61 Å². The lowest BCUT2D eigenvalue weighted by atomic mass is 10.2. The standard InChI is InChI=1S/C14H14ClNO/c1-10-5-6-14(13(16)7-10)17-9-11-3-2-4-12(15)8-11/h2-8H,9,16H2,1H3. The maximum Gasteiger partial charge on any atom is 0.142 e. The fraction of sp³-hybridized carbons (Fsp3) is 0.143. The Morgan fingerprint density at radius 1 is 1.18 bits per heavy atom. The molecule has 0 aliphatic rings. The van der Waals surface area contributed by atoms with E-state index in [-0.39, 0.29) is 0 Å². The molecule has 0 aliphatic heterocycles. The summed E-state index contributed by atoms with van der Waals surface area (Å²) in [5.74, 6) is 0.704. The molecule has 88 valence electrons. The molecule has 0 aromatic heterocycles. The minimum absolute atomic E-state index is 0.466. The van der Waals surface area contributed by atoms with Gasteiger partial charge in [-0.3, -0.25) is 0 Å². The number of hydrogen-bond donors (Lipinski definition) is 1. The van der Waals surface area contributed by atoms with Crippen molar-refractivity contribution in [3.63, 3.8) is 0 Å². The molecule has 0 radical (unpaired) electrons. The first-order chi connectivity index (χ1) is 8.15. The van der Waals surface area contributed by atoms with Crippen molar-refractivity contribution in [1.29, 1.82) is 0 Å². The summed E-state index contributed by atoms with van der Waals surface area (Å²) in [7, 11) is 0. The van der Waals surface area contributed by atoms with E-state index in [2.05, 4.69) is 0 Å². The van der Waals surface area contributed by atoms with E-state index in [1.54, 1.807) is 0 Å². The summed E-state index contributed by atoms with van der Waals surface area (Å²) >= 11 is 5.90. The highest BCUT2D eigenvalue weighted by Gasteiger charge is 2.01. The first-order valence-electron chi connectivity index (χ1n) is 5.38. The van der Waals surface area contributed by atoms with Gasteiger partial charge in [0.25, 0.3) is 0 Å². The molecule has 17 heavy (non-hydrogen) atoms. The van der Waals surface area contributed by atoms with Gasteiger partial charge in [0, 0.05) is 5.02 Å². The van der Waals surface area contributed by atoms with E-state index in [9.17, 15) is 0 Å². The van der Waals surface area contributed by atoms with E-state index < -0.39 is 0 Å². The van der Waals surface area contributed by atoms with Crippen molar-refractivity contribution < 1.29 is 4.74 Å². The van der Waals surface area contributed by atoms with E-state index in [0.29, 0.717) is 23.1 Å². The van der Waals surface area contributed by atoms with Gasteiger partial charge in [0.1, 0.15) is 12.4 Å². The predicted octanol–water partition coefficient (Wildman–Crippen LogP) is 3.81. The highest BCUT2D eigenvalue weighted by Crippen LogP contribution is 2.23. The van der Waals surface area contributed by atoms with Gasteiger partial charge in [0.05, 0.1) is 5.69 Å². The fourth-order valence-corrected chi connectivity index (χ4v) is 1.80. The van der Waals surface area contributed by atoms with Gasteiger partial charge in [-0.2, -0.15) is 0 Å². The van der Waals surface area contributed by atoms with Crippen molar-refractivity contribution in [2.24, 2.45) is 0 Å². The predicted molar refractivity (Wildman–Crippen MR) is 71.4 cm³/mol. The summed E-state index contributed by atoms with van der Waals surface area (Å²) in [5.41, 5.74) is 8.67. The van der Waals surface area contributed by atoms with Crippen molar-refractivity contribution in [2.75, 3.05) is 5.73 Å². The highest BCUT2D eigenvalue weighted by atomic mass is 35.5. The zero-order valence-electron chi connectivity index (χ0n) is 9.61. The second-order valence-corrected chi connectivity index (χ2v) is 4.40. The summed E-state index contributed by atoms with van der Waals surface area (Å²) in [5, 5.41) is 0.711. The van der Waals surface area contributed by atoms with E-state index >= 15 is 0 Å². The second kappa shape index (κ2) is 5.11. The van der Waals surface area contributed by atoms with Gasteiger partial charge in [0.2, 0.25) is 0 Å². The molecule has 2 aromatic carbocycles. The zero-order valence-corrected chi connectivity index (χ0v) is 10.4. The van der Waals surface area contributed by atoms with Gasteiger partial charge < -0.3 is 10.5 Å². The van der Waals surface area contributed by atoms with E-state index in [0.717, 1.165) is 11.1 Å². The average molecular weight is 248 g/mol. The lowest BCUT2D eigenvalue weighted by molar-refractivity contribution is 0.308. The molecule has 0 saturated carbocycles. The van der Waals surface area contributed by atoms with Crippen molar-refractivity contribution in [1.82, 2.24) is 0 Å². The fourth-order valence-electron chi connectivity index (χ4n) is 1.59. The van der Waals surface area contributed by atoms with Crippen LogP contribution < -0.4 is 10.5 Å². The first-order valence-corrected chi connectivity index (χ1v) is 5.76. The Hall–Kier alpha value is -1.67. The van der Waals surface area contributed by atoms with Crippen LogP contribution in [0.5, 0.6) is 5.75 Å². The Labute approximate surface area is 106 Å². The van der Waals surface area contributed by atoms with Crippen LogP contribution >= 0.6 is 11.6 Å². The summed E-state index contributed by atoms with van der Waals surface area (Å²) in [6, 6.07) is 13.3. The quantitative estimate of drug-likeness (QED) is 0.837. The van der Waals surface area contributed by atoms with Crippen LogP contribution in [0.2, 0.25) is 5.02 Å². The summed E-state index contributed by atoms with van der Waals surface area (Å²) in [6.07, 6.45) is 0. The Morgan fingerprint density at radius 3 is 2.71 bits per heavy atom. The van der Waals surface area contributed by atoms with Crippen molar-refractivity contribution >= 4 is 17.3 Å². The lowest BCUT2D eigenvalue weighted by Crippen LogP contribution is -1.98. The van der Waals surface area contributed by atoms with Crippen LogP contribution in [0.4, 0.5) is 5.69 Å². The van der Waals surface area contributed by atoms with Crippen LogP contribution in [0.1, 0.15) is 11.1 Å². The normalized spacial score (nSPS) is 10.2. The molecule has 2 nitrogen and oxygen atoms in total. The minimum atomic E-state index is 0.466. The first kappa shape index (κ1) is 11.8. The maximum atomic E-state index is 5.90. The number of nitrogens with two attached hydrogens (primary N) is 1. The van der Waals surface area contributed by atoms with E-state index in [1.165, 1.54) is 0 Å². The molecule has 2 N–H and O–H groups in total. The number of nitrogen functional groups attached to an aromatic ring is 1. The van der Waals surface area contributed by atoms with E-state index in [1.807, 2.05) is 49.4 Å². The van der Waals surface area contributed by atoms with Crippen molar-refractivity contribution in [2.45, 2.75) is 13.5 Å². The maximum absolute atomic E-state index is 5.90. The molecule has 0 amide bonds. The number of anilines is 1. The molecule has 0 heterocycles. The molecule has 2 rings (SSSR count). The van der Waals surface area contributed by atoms with Gasteiger partial charge in [-0.1, -0.05) is 29.8 Å². The minimum Gasteiger partial charge on any atom is -0.487 e. The Morgan fingerprint density at radius 2 is 2.00 bits per heavy atom. The number of ether oxygens (including phenoxy) is 1. The Balaban J connectivity index is 2.07. The lowest BCUT2D eigenvalue weighted by Gasteiger charge is -2.09. The Bertz CT molecular complexity index is 525. The molecule has 0 bridgehead atoms. The summed E-state index contributed by atoms with van der Waals surface area (Å²) in [6.45, 7) is 2.46. The smallest absolute Gasteiger partial charge is 0.142 e. The molecular formula is C14H14ClNO. The van der Waals surface area contributed by atoms with Gasteiger partial charge in [-0.25, -0.2) is 0 Å². The van der Waals surface area contributed by atoms with Crippen molar-refractivity contribution in [3.05, 3.63) is 58.6 Å². The van der Waals surface area contributed by atoms with Crippen LogP contribution in [0, 0.1) is 6.92 Å². The van der Waals surface area contributed by atoms with Gasteiger partial charge in [-0.05, 0) is 42.3 Å². The number of halogens is 1. The third kappa shape index (κ3) is 3.14. The topological polar surface area (TPSA) is 35.2 Å². The van der Waals surface area contributed by atoms with E-state index in [4.69, 9.17) is 22.1 Å². The molecule has 2 aromatic rings. The number of rotatable bonds is 3. The SMILES string of the molecule is Cc1ccc(OCc2cccc(Cl)c2)c(N)c1. The molecule has 0 saturated heterocycles. The zero-order chi connectivity index (χ0) is 12.3. The number of aryl methyl sites for hydroxylation is 1. The Kier molecular flexibility index (Phi) is 3.55. The van der Waals surface area contributed by atoms with Crippen LogP contribution in [-0.4, -0.2) is 0 Å². The molecule has 3 heteroatoms. The highest BCUT2D eigenvalue weighted by molar-refractivity contribution is 6.30. The average Bonchev–Trinajstić information content (AvgIpc) is 2.28. The molecular weight excluding hydrogens is 234 g/mol. The number of hydrogen-bond acceptors (Lipinski definition) is 2. The molecule has 0 unspecified atom stereocenters. The monoisotopic (exact) mass is 247 g/mol. The summed E-state index contributed by atoms with van der Waals surface area (Å²) < 4.78 is 5.65. The van der Waals surface area contributed by atoms with Crippen LogP contribution in [0.25, 0.3) is 0 Å². The molecule has 0 spiro atoms. The largest absolute Gasteiger partial charge is 0.487 e. The third-order valence-corrected chi connectivity index (χ3v) is 2.68. The summed E-state index contributed by atoms with van der Waals surface area (Å²) in [4.78, 5) is 0. The van der Waals surface area contributed by atoms with Crippen molar-refractivity contribution in [3.8, 4) is 5.75 Å². The van der Waals surface area contributed by atoms with Gasteiger partial charge in [-0.15, -0.1) is 0 Å².